The third-order valence-corrected chi connectivity index (χ3v) is 9.70. The summed E-state index contributed by atoms with van der Waals surface area (Å²) >= 11 is 0. The molecule has 16 heteroatoms. The molecule has 16 nitrogen and oxygen atoms in total. The molecule has 0 aliphatic heterocycles. The molecule has 312 valence electrons. The molecule has 0 fully saturated rings. The van der Waals surface area contributed by atoms with Gasteiger partial charge in [0.15, 0.2) is 0 Å². The summed E-state index contributed by atoms with van der Waals surface area (Å²) in [6, 6.07) is 23.2. The molecule has 4 aromatic carbocycles. The van der Waals surface area contributed by atoms with Crippen LogP contribution in [0, 0.1) is 0 Å². The highest BCUT2D eigenvalue weighted by molar-refractivity contribution is 6.02. The van der Waals surface area contributed by atoms with Gasteiger partial charge < -0.3 is 58.0 Å². The van der Waals surface area contributed by atoms with Gasteiger partial charge in [-0.25, -0.2) is 0 Å². The molecule has 4 N–H and O–H groups in total. The second kappa shape index (κ2) is 20.0. The minimum absolute atomic E-state index is 0.793. The van der Waals surface area contributed by atoms with E-state index in [1.807, 2.05) is 144 Å². The zero-order valence-electron chi connectivity index (χ0n) is 34.5. The first-order valence-electron chi connectivity index (χ1n) is 18.3. The molecule has 0 aliphatic rings. The van der Waals surface area contributed by atoms with Gasteiger partial charge >= 0.3 is 0 Å². The number of fused-ring (bicyclic) bond motifs is 4. The van der Waals surface area contributed by atoms with Crippen molar-refractivity contribution in [2.24, 2.45) is 48.8 Å². The zero-order chi connectivity index (χ0) is 43.3. The van der Waals surface area contributed by atoms with Crippen molar-refractivity contribution >= 4 is 68.5 Å². The Kier molecular flexibility index (Phi) is 14.4. The largest absolute Gasteiger partial charge is 0.497 e. The summed E-state index contributed by atoms with van der Waals surface area (Å²) in [6.45, 7) is 0. The molecule has 0 spiro atoms. The van der Waals surface area contributed by atoms with Gasteiger partial charge in [-0.05, 0) is 72.8 Å². The predicted octanol–water partition coefficient (Wildman–Crippen LogP) is 7.98. The van der Waals surface area contributed by atoms with E-state index < -0.39 is 0 Å². The van der Waals surface area contributed by atoms with Crippen LogP contribution in [0.1, 0.15) is 22.3 Å². The average Bonchev–Trinajstić information content (AvgIpc) is 3.97. The summed E-state index contributed by atoms with van der Waals surface area (Å²) in [5.74, 6) is 3.17. The van der Waals surface area contributed by atoms with E-state index in [2.05, 4.69) is 20.6 Å². The maximum atomic E-state index is 8.54. The summed E-state index contributed by atoms with van der Waals surface area (Å²) in [7, 11) is 14.3. The molecule has 0 saturated carbocycles. The second-order valence-corrected chi connectivity index (χ2v) is 13.3. The lowest BCUT2D eigenvalue weighted by Crippen LogP contribution is -1.85. The molecule has 0 atom stereocenters. The SMILES string of the molecule is COc1ccc2c(c1)c(/C=N/O)cn2C.COc1ccc2c(c1)c(/C=N/O)cn2C.COc1ccc2c(c1)c(/C=N/O)cn2C.COc1ccc2c(c1)c(/C=N/O)cn2C. The monoisotopic (exact) mass is 816 g/mol. The third-order valence-electron chi connectivity index (χ3n) is 9.70. The summed E-state index contributed by atoms with van der Waals surface area (Å²) in [4.78, 5) is 0. The standard InChI is InChI=1S/4C11H12N2O2/c4*1-13-7-8(6-12-14)10-5-9(15-2)3-4-11(10)13/h4*3-7,14H,1-2H3/b4*12-6+. The minimum Gasteiger partial charge on any atom is -0.497 e. The topological polar surface area (TPSA) is 187 Å². The fourth-order valence-electron chi connectivity index (χ4n) is 6.77. The van der Waals surface area contributed by atoms with Gasteiger partial charge in [0.1, 0.15) is 23.0 Å². The first kappa shape index (κ1) is 43.2. The van der Waals surface area contributed by atoms with Crippen LogP contribution >= 0.6 is 0 Å². The Morgan fingerprint density at radius 1 is 0.367 bits per heavy atom. The molecule has 60 heavy (non-hydrogen) atoms. The molecule has 0 aliphatic carbocycles. The minimum atomic E-state index is 0.793. The summed E-state index contributed by atoms with van der Waals surface area (Å²) in [5, 5.41) is 50.4. The Bertz CT molecular complexity index is 2440. The van der Waals surface area contributed by atoms with Crippen molar-refractivity contribution < 1.29 is 39.8 Å². The van der Waals surface area contributed by atoms with Gasteiger partial charge in [-0.3, -0.25) is 0 Å². The average molecular weight is 817 g/mol. The maximum absolute atomic E-state index is 8.54. The van der Waals surface area contributed by atoms with Crippen molar-refractivity contribution in [3.05, 3.63) is 120 Å². The van der Waals surface area contributed by atoms with E-state index in [1.54, 1.807) is 28.4 Å². The summed E-state index contributed by atoms with van der Waals surface area (Å²) in [5.41, 5.74) is 7.78. The summed E-state index contributed by atoms with van der Waals surface area (Å²) in [6.07, 6.45) is 13.3. The number of methoxy groups -OCH3 is 4. The van der Waals surface area contributed by atoms with E-state index in [9.17, 15) is 0 Å². The van der Waals surface area contributed by atoms with Gasteiger partial charge in [0, 0.05) is 119 Å². The van der Waals surface area contributed by atoms with Crippen molar-refractivity contribution in [2.75, 3.05) is 28.4 Å². The Balaban J connectivity index is 0.000000152. The van der Waals surface area contributed by atoms with E-state index in [4.69, 9.17) is 39.8 Å². The normalized spacial score (nSPS) is 11.3. The maximum Gasteiger partial charge on any atom is 0.119 e. The number of aromatic nitrogens is 4. The van der Waals surface area contributed by atoms with E-state index in [0.717, 1.165) is 88.9 Å². The number of nitrogens with zero attached hydrogens (tertiary/aromatic N) is 8. The van der Waals surface area contributed by atoms with E-state index >= 15 is 0 Å². The van der Waals surface area contributed by atoms with Crippen LogP contribution in [-0.4, -0.2) is 92.4 Å². The lowest BCUT2D eigenvalue weighted by molar-refractivity contribution is 0.321. The number of aryl methyl sites for hydroxylation is 4. The molecule has 0 unspecified atom stereocenters. The van der Waals surface area contributed by atoms with Crippen LogP contribution in [0.25, 0.3) is 43.6 Å². The van der Waals surface area contributed by atoms with Crippen LogP contribution in [0.15, 0.2) is 118 Å². The molecule has 4 aromatic heterocycles. The Morgan fingerprint density at radius 3 is 0.733 bits per heavy atom. The number of hydrogen-bond acceptors (Lipinski definition) is 12. The molecular weight excluding hydrogens is 769 g/mol. The number of rotatable bonds is 8. The molecule has 0 bridgehead atoms. The van der Waals surface area contributed by atoms with Crippen LogP contribution in [0.4, 0.5) is 0 Å². The predicted molar refractivity (Wildman–Crippen MR) is 235 cm³/mol. The van der Waals surface area contributed by atoms with E-state index in [1.165, 1.54) is 24.9 Å². The molecule has 0 radical (unpaired) electrons. The number of ether oxygens (including phenoxy) is 4. The van der Waals surface area contributed by atoms with Gasteiger partial charge in [-0.15, -0.1) is 0 Å². The Hall–Kier alpha value is -7.88. The smallest absolute Gasteiger partial charge is 0.119 e. The lowest BCUT2D eigenvalue weighted by Gasteiger charge is -2.00. The van der Waals surface area contributed by atoms with Crippen molar-refractivity contribution in [3.63, 3.8) is 0 Å². The highest BCUT2D eigenvalue weighted by atomic mass is 16.5. The van der Waals surface area contributed by atoms with Crippen LogP contribution < -0.4 is 18.9 Å². The molecular formula is C44H48N8O8. The van der Waals surface area contributed by atoms with Crippen molar-refractivity contribution in [1.82, 2.24) is 18.3 Å². The van der Waals surface area contributed by atoms with Crippen LogP contribution in [-0.2, 0) is 28.2 Å². The van der Waals surface area contributed by atoms with Gasteiger partial charge in [0.05, 0.1) is 53.3 Å². The third kappa shape index (κ3) is 9.62. The van der Waals surface area contributed by atoms with Gasteiger partial charge in [0.2, 0.25) is 0 Å². The molecule has 8 aromatic rings. The molecule has 0 amide bonds. The van der Waals surface area contributed by atoms with E-state index in [0.29, 0.717) is 0 Å². The number of hydrogen-bond donors (Lipinski definition) is 4. The first-order valence-corrected chi connectivity index (χ1v) is 18.3. The fraction of sp³-hybridized carbons (Fsp3) is 0.182. The van der Waals surface area contributed by atoms with Crippen LogP contribution in [0.2, 0.25) is 0 Å². The van der Waals surface area contributed by atoms with Crippen LogP contribution in [0.3, 0.4) is 0 Å². The van der Waals surface area contributed by atoms with Gasteiger partial charge in [-0.2, -0.15) is 0 Å². The lowest BCUT2D eigenvalue weighted by atomic mass is 10.2. The van der Waals surface area contributed by atoms with Crippen molar-refractivity contribution in [3.8, 4) is 23.0 Å². The molecule has 4 heterocycles. The molecule has 8 rings (SSSR count). The zero-order valence-corrected chi connectivity index (χ0v) is 34.5. The fourth-order valence-corrected chi connectivity index (χ4v) is 6.77. The highest BCUT2D eigenvalue weighted by Crippen LogP contribution is 2.27. The number of oxime groups is 4. The van der Waals surface area contributed by atoms with Gasteiger partial charge in [-0.1, -0.05) is 20.6 Å². The van der Waals surface area contributed by atoms with Crippen LogP contribution in [0.5, 0.6) is 23.0 Å². The highest BCUT2D eigenvalue weighted by Gasteiger charge is 2.09. The van der Waals surface area contributed by atoms with E-state index in [-0.39, 0.29) is 0 Å². The number of benzene rings is 4. The summed E-state index contributed by atoms with van der Waals surface area (Å²) < 4.78 is 28.5. The second-order valence-electron chi connectivity index (χ2n) is 13.3. The Labute approximate surface area is 345 Å². The first-order chi connectivity index (χ1) is 29.0. The van der Waals surface area contributed by atoms with Crippen molar-refractivity contribution in [2.45, 2.75) is 0 Å². The van der Waals surface area contributed by atoms with Crippen molar-refractivity contribution in [1.29, 1.82) is 0 Å². The quantitative estimate of drug-likeness (QED) is 0.0675. The Morgan fingerprint density at radius 2 is 0.567 bits per heavy atom. The van der Waals surface area contributed by atoms with Gasteiger partial charge in [0.25, 0.3) is 0 Å². The molecule has 0 saturated heterocycles.